The average Bonchev–Trinajstić information content (AvgIpc) is 3.39. The van der Waals surface area contributed by atoms with E-state index in [1.165, 1.54) is 28.9 Å². The van der Waals surface area contributed by atoms with Crippen LogP contribution in [0, 0.1) is 17.7 Å². The molecule has 0 spiro atoms. The van der Waals surface area contributed by atoms with Gasteiger partial charge in [0.25, 0.3) is 12.3 Å². The zero-order chi connectivity index (χ0) is 33.6. The second-order valence-electron chi connectivity index (χ2n) is 12.7. The predicted molar refractivity (Wildman–Crippen MR) is 170 cm³/mol. The van der Waals surface area contributed by atoms with Crippen LogP contribution in [-0.4, -0.2) is 50.5 Å². The number of aromatic nitrogens is 3. The van der Waals surface area contributed by atoms with Crippen molar-refractivity contribution in [1.82, 2.24) is 24.6 Å². The summed E-state index contributed by atoms with van der Waals surface area (Å²) in [5, 5.41) is 2.93. The quantitative estimate of drug-likeness (QED) is 0.188. The van der Waals surface area contributed by atoms with Gasteiger partial charge >= 0.3 is 6.09 Å². The van der Waals surface area contributed by atoms with Gasteiger partial charge in [-0.1, -0.05) is 30.3 Å². The molecular formula is C36H32F3N5O4. The van der Waals surface area contributed by atoms with Crippen molar-refractivity contribution in [3.63, 3.8) is 0 Å². The number of alkyl carbamates (subject to hydrolysis) is 1. The molecule has 0 bridgehead atoms. The van der Waals surface area contributed by atoms with E-state index < -0.39 is 18.1 Å². The fraction of sp³-hybridized carbons (Fsp3) is 0.278. The highest BCUT2D eigenvalue weighted by Crippen LogP contribution is 2.48. The van der Waals surface area contributed by atoms with Crippen LogP contribution < -0.4 is 10.1 Å². The monoisotopic (exact) mass is 655 g/mol. The first kappa shape index (κ1) is 31.2. The lowest BCUT2D eigenvalue weighted by atomic mass is 9.93. The van der Waals surface area contributed by atoms with E-state index in [-0.39, 0.29) is 42.0 Å². The normalized spacial score (nSPS) is 18.5. The van der Waals surface area contributed by atoms with E-state index in [9.17, 15) is 22.8 Å². The van der Waals surface area contributed by atoms with Crippen molar-refractivity contribution in [2.45, 2.75) is 38.5 Å². The number of alkyl halides is 2. The minimum Gasteiger partial charge on any atom is -0.474 e. The van der Waals surface area contributed by atoms with Crippen LogP contribution in [0.5, 0.6) is 5.88 Å². The van der Waals surface area contributed by atoms with Crippen LogP contribution >= 0.6 is 0 Å². The van der Waals surface area contributed by atoms with Gasteiger partial charge in [-0.05, 0) is 67.4 Å². The number of amides is 2. The highest BCUT2D eigenvalue weighted by molar-refractivity contribution is 5.94. The molecule has 2 aromatic carbocycles. The molecule has 246 valence electrons. The molecule has 1 aliphatic heterocycles. The number of benzene rings is 2. The first-order valence-corrected chi connectivity index (χ1v) is 15.5. The molecule has 5 aromatic rings. The summed E-state index contributed by atoms with van der Waals surface area (Å²) in [5.41, 5.74) is 2.28. The molecule has 2 aliphatic rings. The Kier molecular flexibility index (Phi) is 8.02. The van der Waals surface area contributed by atoms with E-state index in [0.717, 1.165) is 5.56 Å². The number of pyridine rings is 2. The van der Waals surface area contributed by atoms with Gasteiger partial charge in [-0.25, -0.2) is 27.9 Å². The highest BCUT2D eigenvalue weighted by atomic mass is 19.3. The number of carbonyl (C=O) groups excluding carboxylic acids is 2. The van der Waals surface area contributed by atoms with Crippen molar-refractivity contribution in [3.05, 3.63) is 119 Å². The molecule has 3 aromatic heterocycles. The van der Waals surface area contributed by atoms with E-state index in [2.05, 4.69) is 10.3 Å². The molecule has 1 aliphatic carbocycles. The fourth-order valence-electron chi connectivity index (χ4n) is 6.16. The largest absolute Gasteiger partial charge is 0.474 e. The summed E-state index contributed by atoms with van der Waals surface area (Å²) >= 11 is 0. The molecule has 1 saturated heterocycles. The number of nitrogens with one attached hydrogen (secondary N) is 1. The zero-order valence-electron chi connectivity index (χ0n) is 26.1. The van der Waals surface area contributed by atoms with Crippen LogP contribution in [0.15, 0.2) is 91.3 Å². The number of imidazole rings is 1. The number of hydrogen-bond donors (Lipinski definition) is 1. The average molecular weight is 656 g/mol. The van der Waals surface area contributed by atoms with E-state index in [1.807, 2.05) is 50.2 Å². The Bertz CT molecular complexity index is 1970. The minimum atomic E-state index is -2.70. The van der Waals surface area contributed by atoms with Gasteiger partial charge in [0.2, 0.25) is 5.88 Å². The van der Waals surface area contributed by atoms with Gasteiger partial charge in [-0.15, -0.1) is 0 Å². The van der Waals surface area contributed by atoms with Gasteiger partial charge in [0, 0.05) is 48.9 Å². The fourth-order valence-corrected chi connectivity index (χ4v) is 6.16. The number of halogens is 3. The first-order chi connectivity index (χ1) is 23.0. The van der Waals surface area contributed by atoms with Crippen molar-refractivity contribution in [2.75, 3.05) is 13.1 Å². The molecule has 3 atom stereocenters. The maximum atomic E-state index is 13.7. The molecule has 2 fully saturated rings. The Morgan fingerprint density at radius 1 is 0.958 bits per heavy atom. The van der Waals surface area contributed by atoms with Gasteiger partial charge in [0.05, 0.1) is 16.8 Å². The lowest BCUT2D eigenvalue weighted by molar-refractivity contribution is 0.0750. The van der Waals surface area contributed by atoms with Gasteiger partial charge in [-0.2, -0.15) is 0 Å². The minimum absolute atomic E-state index is 0.0928. The summed E-state index contributed by atoms with van der Waals surface area (Å²) in [6, 6.07) is 22.1. The van der Waals surface area contributed by atoms with Crippen LogP contribution in [0.3, 0.4) is 0 Å². The Balaban J connectivity index is 1.05. The Labute approximate surface area is 274 Å². The SMILES string of the molecule is CC(C)(NC(=O)OCc1ccccc1)c1cc(OC2[C@H]3CN(C(=O)c4ccc5nc(C(F)F)cn5c4)C[C@@H]23)nc(-c2ccc(F)cc2)c1. The number of carbonyl (C=O) groups is 2. The number of fused-ring (bicyclic) bond motifs is 2. The van der Waals surface area contributed by atoms with E-state index in [0.29, 0.717) is 47.0 Å². The third-order valence-electron chi connectivity index (χ3n) is 8.89. The molecule has 9 nitrogen and oxygen atoms in total. The lowest BCUT2D eigenvalue weighted by Gasteiger charge is -2.27. The Hall–Kier alpha value is -5.39. The number of likely N-dealkylation sites (tertiary alicyclic amines) is 1. The van der Waals surface area contributed by atoms with Crippen LogP contribution in [0.2, 0.25) is 0 Å². The summed E-state index contributed by atoms with van der Waals surface area (Å²) in [4.78, 5) is 36.4. The van der Waals surface area contributed by atoms with Gasteiger partial charge in [-0.3, -0.25) is 4.79 Å². The van der Waals surface area contributed by atoms with Crippen LogP contribution in [0.4, 0.5) is 18.0 Å². The molecule has 7 rings (SSSR count). The number of rotatable bonds is 9. The number of piperidine rings is 1. The smallest absolute Gasteiger partial charge is 0.408 e. The zero-order valence-corrected chi connectivity index (χ0v) is 26.1. The predicted octanol–water partition coefficient (Wildman–Crippen LogP) is 6.78. The molecule has 1 saturated carbocycles. The van der Waals surface area contributed by atoms with Crippen molar-refractivity contribution in [2.24, 2.45) is 11.8 Å². The van der Waals surface area contributed by atoms with Crippen LogP contribution in [0.25, 0.3) is 16.9 Å². The molecule has 48 heavy (non-hydrogen) atoms. The maximum absolute atomic E-state index is 13.7. The standard InChI is InChI=1S/C36H32F3N5O4/c1-36(2,42-35(46)47-20-21-6-4-3-5-7-21)24-14-28(22-8-11-25(37)12-9-22)41-31(15-24)48-32-26-17-44(18-27(26)32)34(45)23-10-13-30-40-29(33(38)39)19-43(30)16-23/h3-16,19,26-27,32-33H,17-18,20H2,1-2H3,(H,42,46)/t26-,27+,32?. The number of nitrogens with zero attached hydrogens (tertiary/aromatic N) is 4. The Morgan fingerprint density at radius 2 is 1.69 bits per heavy atom. The highest BCUT2D eigenvalue weighted by Gasteiger charge is 2.59. The number of ether oxygens (including phenoxy) is 2. The molecule has 0 radical (unpaired) electrons. The second kappa shape index (κ2) is 12.3. The summed E-state index contributed by atoms with van der Waals surface area (Å²) in [5.74, 6) is -0.0365. The summed E-state index contributed by atoms with van der Waals surface area (Å²) < 4.78 is 53.2. The molecule has 1 N–H and O–H groups in total. The van der Waals surface area contributed by atoms with E-state index in [4.69, 9.17) is 14.5 Å². The van der Waals surface area contributed by atoms with Crippen molar-refractivity contribution >= 4 is 17.6 Å². The lowest BCUT2D eigenvalue weighted by Crippen LogP contribution is -2.41. The topological polar surface area (TPSA) is 98.1 Å². The van der Waals surface area contributed by atoms with Crippen LogP contribution in [0.1, 0.15) is 47.5 Å². The summed E-state index contributed by atoms with van der Waals surface area (Å²) in [6.07, 6.45) is -0.705. The van der Waals surface area contributed by atoms with Gasteiger partial charge in [0.1, 0.15) is 29.9 Å². The molecule has 2 amide bonds. The van der Waals surface area contributed by atoms with Crippen molar-refractivity contribution in [3.8, 4) is 17.1 Å². The number of hydrogen-bond acceptors (Lipinski definition) is 6. The molecule has 12 heteroatoms. The van der Waals surface area contributed by atoms with Gasteiger partial charge < -0.3 is 24.1 Å². The Morgan fingerprint density at radius 3 is 2.40 bits per heavy atom. The summed E-state index contributed by atoms with van der Waals surface area (Å²) in [6.45, 7) is 4.76. The second-order valence-corrected chi connectivity index (χ2v) is 12.7. The summed E-state index contributed by atoms with van der Waals surface area (Å²) in [7, 11) is 0. The first-order valence-electron chi connectivity index (χ1n) is 15.5. The maximum Gasteiger partial charge on any atom is 0.408 e. The molecular weight excluding hydrogens is 623 g/mol. The molecule has 4 heterocycles. The van der Waals surface area contributed by atoms with Gasteiger partial charge in [0.15, 0.2) is 0 Å². The third-order valence-corrected chi connectivity index (χ3v) is 8.89. The van der Waals surface area contributed by atoms with E-state index in [1.54, 1.807) is 35.2 Å². The van der Waals surface area contributed by atoms with E-state index >= 15 is 0 Å². The third kappa shape index (κ3) is 6.42. The molecule has 1 unspecified atom stereocenters. The van der Waals surface area contributed by atoms with Crippen molar-refractivity contribution < 1.29 is 32.2 Å². The van der Waals surface area contributed by atoms with Crippen molar-refractivity contribution in [1.29, 1.82) is 0 Å². The van der Waals surface area contributed by atoms with Crippen LogP contribution in [-0.2, 0) is 16.9 Å².